The third-order valence-electron chi connectivity index (χ3n) is 17.8. The van der Waals surface area contributed by atoms with E-state index in [4.69, 9.17) is 18.9 Å². The van der Waals surface area contributed by atoms with Gasteiger partial charge < -0.3 is 33.3 Å². The second-order valence-corrected chi connectivity index (χ2v) is 28.0. The van der Waals surface area contributed by atoms with Gasteiger partial charge in [-0.05, 0) is 51.4 Å². The Kier molecular flexibility index (Phi) is 69.9. The number of esters is 2. The van der Waals surface area contributed by atoms with Crippen molar-refractivity contribution in [3.05, 3.63) is 48.6 Å². The molecule has 0 amide bonds. The van der Waals surface area contributed by atoms with Gasteiger partial charge in [0, 0.05) is 12.8 Å². The molecule has 2 atom stereocenters. The number of ether oxygens (including phenoxy) is 4. The largest absolute Gasteiger partial charge is 0.545 e. The lowest BCUT2D eigenvalue weighted by molar-refractivity contribution is -0.870. The van der Waals surface area contributed by atoms with E-state index in [1.165, 1.54) is 302 Å². The standard InChI is InChI=1S/C81H151NO8/c1-6-8-10-12-14-16-18-20-22-24-26-28-30-32-34-36-38-39-40-41-42-44-46-48-50-52-54-56-58-60-62-64-66-68-70-72-79(84)90-77(76-89-81(80(85)86)87-74-73-82(3,4)5)75-88-78(83)71-69-67-65-63-61-59-57-55-53-51-49-47-45-43-37-35-33-31-29-27-25-23-21-19-17-15-13-11-9-7-2/h8,10,14,16,20,22,26,28,77,81H,6-7,9,11-13,15,17-19,21,23-25,27,29-76H2,1-5H3/b10-8-,16-14-,22-20-,28-26-. The maximum atomic E-state index is 13.0. The second kappa shape index (κ2) is 72.1. The van der Waals surface area contributed by atoms with E-state index in [1.54, 1.807) is 0 Å². The van der Waals surface area contributed by atoms with Crippen molar-refractivity contribution in [3.8, 4) is 0 Å². The molecule has 0 aliphatic heterocycles. The van der Waals surface area contributed by atoms with Crippen molar-refractivity contribution < 1.29 is 42.9 Å². The van der Waals surface area contributed by atoms with Crippen LogP contribution >= 0.6 is 0 Å². The molecule has 0 fully saturated rings. The molecule has 9 heteroatoms. The van der Waals surface area contributed by atoms with Gasteiger partial charge in [-0.25, -0.2) is 0 Å². The maximum absolute atomic E-state index is 13.0. The Morgan fingerprint density at radius 2 is 0.633 bits per heavy atom. The van der Waals surface area contributed by atoms with Crippen LogP contribution in [0.1, 0.15) is 393 Å². The summed E-state index contributed by atoms with van der Waals surface area (Å²) in [6.45, 7) is 4.72. The number of allylic oxidation sites excluding steroid dienone is 8. The zero-order valence-corrected chi connectivity index (χ0v) is 60.5. The third kappa shape index (κ3) is 72.7. The summed E-state index contributed by atoms with van der Waals surface area (Å²) in [6, 6.07) is 0. The number of rotatable bonds is 74. The average molecular weight is 1270 g/mol. The minimum atomic E-state index is -1.62. The Bertz CT molecular complexity index is 1620. The van der Waals surface area contributed by atoms with Crippen LogP contribution in [0.25, 0.3) is 0 Å². The molecule has 0 aromatic heterocycles. The minimum Gasteiger partial charge on any atom is -0.545 e. The van der Waals surface area contributed by atoms with E-state index in [2.05, 4.69) is 62.5 Å². The first-order chi connectivity index (χ1) is 44.1. The Morgan fingerprint density at radius 1 is 0.344 bits per heavy atom. The Balaban J connectivity index is 3.98. The van der Waals surface area contributed by atoms with Gasteiger partial charge in [-0.1, -0.05) is 377 Å². The van der Waals surface area contributed by atoms with E-state index in [0.717, 1.165) is 64.2 Å². The maximum Gasteiger partial charge on any atom is 0.306 e. The van der Waals surface area contributed by atoms with Crippen LogP contribution in [0.3, 0.4) is 0 Å². The topological polar surface area (TPSA) is 111 Å². The smallest absolute Gasteiger partial charge is 0.306 e. The van der Waals surface area contributed by atoms with Crippen LogP contribution in [0.4, 0.5) is 0 Å². The number of carbonyl (C=O) groups is 3. The SMILES string of the molecule is CC/C=C\C/C=C\C/C=C\C/C=C\CCCCCCCCCCCCCCCCCCCCCCCCC(=O)OC(COC(=O)CCCCCCCCCCCCCCCCCCCCCCCCCCCCCCCC)COC(OCC[N+](C)(C)C)C(=O)[O-]. The van der Waals surface area contributed by atoms with E-state index in [0.29, 0.717) is 17.4 Å². The van der Waals surface area contributed by atoms with Gasteiger partial charge >= 0.3 is 11.9 Å². The predicted octanol–water partition coefficient (Wildman–Crippen LogP) is 23.5. The van der Waals surface area contributed by atoms with Crippen molar-refractivity contribution in [3.63, 3.8) is 0 Å². The van der Waals surface area contributed by atoms with Crippen molar-refractivity contribution in [1.29, 1.82) is 0 Å². The Hall–Kier alpha value is -2.75. The number of carboxylic acid groups (broad SMARTS) is 1. The fourth-order valence-corrected chi connectivity index (χ4v) is 11.9. The third-order valence-corrected chi connectivity index (χ3v) is 17.8. The second-order valence-electron chi connectivity index (χ2n) is 28.0. The normalized spacial score (nSPS) is 12.9. The Labute approximate surface area is 559 Å². The molecule has 0 saturated heterocycles. The molecule has 0 radical (unpaired) electrons. The molecular formula is C81H151NO8. The molecule has 2 unspecified atom stereocenters. The first-order valence-electron chi connectivity index (χ1n) is 39.3. The number of hydrogen-bond donors (Lipinski definition) is 0. The van der Waals surface area contributed by atoms with Gasteiger partial charge in [0.15, 0.2) is 12.4 Å². The van der Waals surface area contributed by atoms with Crippen molar-refractivity contribution in [1.82, 2.24) is 0 Å². The van der Waals surface area contributed by atoms with Crippen LogP contribution in [0.2, 0.25) is 0 Å². The van der Waals surface area contributed by atoms with Crippen LogP contribution in [-0.4, -0.2) is 82.3 Å². The molecule has 0 aromatic rings. The molecule has 0 aliphatic carbocycles. The van der Waals surface area contributed by atoms with Crippen molar-refractivity contribution in [2.75, 3.05) is 47.5 Å². The Morgan fingerprint density at radius 3 is 0.944 bits per heavy atom. The summed E-state index contributed by atoms with van der Waals surface area (Å²) < 4.78 is 22.9. The number of hydrogen-bond acceptors (Lipinski definition) is 8. The molecule has 0 rings (SSSR count). The molecular weight excluding hydrogens is 1110 g/mol. The molecule has 0 aromatic carbocycles. The van der Waals surface area contributed by atoms with Crippen LogP contribution in [0.15, 0.2) is 48.6 Å². The minimum absolute atomic E-state index is 0.151. The van der Waals surface area contributed by atoms with Gasteiger partial charge in [0.1, 0.15) is 13.2 Å². The summed E-state index contributed by atoms with van der Waals surface area (Å²) >= 11 is 0. The molecule has 0 spiro atoms. The fraction of sp³-hybridized carbons (Fsp3) is 0.864. The highest BCUT2D eigenvalue weighted by atomic mass is 16.7. The number of quaternary nitrogens is 1. The molecule has 528 valence electrons. The average Bonchev–Trinajstić information content (AvgIpc) is 3.73. The van der Waals surface area contributed by atoms with Crippen LogP contribution < -0.4 is 5.11 Å². The van der Waals surface area contributed by atoms with Gasteiger partial charge in [0.2, 0.25) is 0 Å². The predicted molar refractivity (Wildman–Crippen MR) is 385 cm³/mol. The molecule has 0 aliphatic rings. The van der Waals surface area contributed by atoms with E-state index in [-0.39, 0.29) is 32.2 Å². The molecule has 0 saturated carbocycles. The quantitative estimate of drug-likeness (QED) is 0.0195. The summed E-state index contributed by atoms with van der Waals surface area (Å²) in [5, 5.41) is 11.9. The lowest BCUT2D eigenvalue weighted by Crippen LogP contribution is -2.44. The van der Waals surface area contributed by atoms with E-state index >= 15 is 0 Å². The van der Waals surface area contributed by atoms with Gasteiger partial charge in [-0.2, -0.15) is 0 Å². The summed E-state index contributed by atoms with van der Waals surface area (Å²) in [5.41, 5.74) is 0. The van der Waals surface area contributed by atoms with Gasteiger partial charge in [0.25, 0.3) is 0 Å². The van der Waals surface area contributed by atoms with Crippen LogP contribution in [0, 0.1) is 0 Å². The lowest BCUT2D eigenvalue weighted by Gasteiger charge is -2.26. The molecule has 0 bridgehead atoms. The van der Waals surface area contributed by atoms with Crippen molar-refractivity contribution in [2.45, 2.75) is 405 Å². The highest BCUT2D eigenvalue weighted by Crippen LogP contribution is 2.20. The number of aliphatic carboxylic acids is 1. The van der Waals surface area contributed by atoms with Gasteiger partial charge in [0.05, 0.1) is 40.3 Å². The summed E-state index contributed by atoms with van der Waals surface area (Å²) in [7, 11) is 5.95. The first kappa shape index (κ1) is 87.2. The molecule has 0 heterocycles. The summed E-state index contributed by atoms with van der Waals surface area (Å²) in [6.07, 6.45) is 90.9. The first-order valence-corrected chi connectivity index (χ1v) is 39.3. The number of carbonyl (C=O) groups excluding carboxylic acids is 3. The van der Waals surface area contributed by atoms with Crippen LogP contribution in [0.5, 0.6) is 0 Å². The number of unbranched alkanes of at least 4 members (excludes halogenated alkanes) is 51. The van der Waals surface area contributed by atoms with Crippen molar-refractivity contribution >= 4 is 17.9 Å². The van der Waals surface area contributed by atoms with Gasteiger partial charge in [-0.15, -0.1) is 0 Å². The van der Waals surface area contributed by atoms with Crippen LogP contribution in [-0.2, 0) is 33.3 Å². The van der Waals surface area contributed by atoms with E-state index in [9.17, 15) is 19.5 Å². The van der Waals surface area contributed by atoms with Crippen molar-refractivity contribution in [2.24, 2.45) is 0 Å². The zero-order chi connectivity index (χ0) is 65.4. The zero-order valence-electron chi connectivity index (χ0n) is 60.5. The summed E-state index contributed by atoms with van der Waals surface area (Å²) in [5.74, 6) is -2.25. The highest BCUT2D eigenvalue weighted by molar-refractivity contribution is 5.70. The van der Waals surface area contributed by atoms with E-state index < -0.39 is 24.3 Å². The van der Waals surface area contributed by atoms with Gasteiger partial charge in [-0.3, -0.25) is 9.59 Å². The molecule has 0 N–H and O–H groups in total. The number of likely N-dealkylation sites (N-methyl/N-ethyl adjacent to an activating group) is 1. The monoisotopic (exact) mass is 1270 g/mol. The molecule has 90 heavy (non-hydrogen) atoms. The number of carboxylic acids is 1. The summed E-state index contributed by atoms with van der Waals surface area (Å²) in [4.78, 5) is 37.6. The van der Waals surface area contributed by atoms with E-state index in [1.807, 2.05) is 21.1 Å². The fourth-order valence-electron chi connectivity index (χ4n) is 11.9. The molecule has 9 nitrogen and oxygen atoms in total. The lowest BCUT2D eigenvalue weighted by atomic mass is 10.0. The highest BCUT2D eigenvalue weighted by Gasteiger charge is 2.22. The number of nitrogens with zero attached hydrogens (tertiary/aromatic N) is 1.